The molecular formula is C2H2AuO2. The van der Waals surface area contributed by atoms with Crippen molar-refractivity contribution >= 4 is 12.6 Å². The van der Waals surface area contributed by atoms with Gasteiger partial charge in [-0.25, -0.2) is 0 Å². The van der Waals surface area contributed by atoms with Crippen LogP contribution >= 0.6 is 0 Å². The van der Waals surface area contributed by atoms with Gasteiger partial charge in [0.25, 0.3) is 0 Å². The third-order valence-corrected chi connectivity index (χ3v) is 0.0556. The summed E-state index contributed by atoms with van der Waals surface area (Å²) in [5, 5.41) is 0. The maximum Gasteiger partial charge on any atom is 0.182 e. The van der Waals surface area contributed by atoms with Gasteiger partial charge in [-0.05, 0) is 0 Å². The van der Waals surface area contributed by atoms with E-state index >= 15 is 0 Å². The molecule has 0 amide bonds. The van der Waals surface area contributed by atoms with E-state index in [0.29, 0.717) is 0 Å². The molecule has 0 aromatic rings. The third kappa shape index (κ3) is 15.1. The first-order chi connectivity index (χ1) is 1.91. The standard InChI is InChI=1S/C2H2O2.Au/c3-1-2-4;/h1-2H;. The summed E-state index contributed by atoms with van der Waals surface area (Å²) in [6, 6.07) is 0. The predicted molar refractivity (Wildman–Crippen MR) is 12.1 cm³/mol. The molecule has 0 unspecified atom stereocenters. The van der Waals surface area contributed by atoms with Gasteiger partial charge in [-0.2, -0.15) is 0 Å². The number of hydrogen-bond donors (Lipinski definition) is 0. The minimum absolute atomic E-state index is 0. The SMILES string of the molecule is O=CC=O.[Au]. The Bertz CT molecular complexity index is 28.6. The normalized spacial score (nSPS) is 4.00. The summed E-state index contributed by atoms with van der Waals surface area (Å²) in [5.74, 6) is 0. The maximum absolute atomic E-state index is 8.81. The first-order valence-electron chi connectivity index (χ1n) is 0.805. The molecule has 3 heteroatoms. The van der Waals surface area contributed by atoms with Crippen molar-refractivity contribution in [1.82, 2.24) is 0 Å². The Labute approximate surface area is 45.1 Å². The topological polar surface area (TPSA) is 34.1 Å². The average molecular weight is 255 g/mol. The monoisotopic (exact) mass is 255 g/mol. The van der Waals surface area contributed by atoms with Gasteiger partial charge in [0, 0.05) is 22.4 Å². The number of hydrogen-bond acceptors (Lipinski definition) is 2. The summed E-state index contributed by atoms with van der Waals surface area (Å²) in [6.45, 7) is 0. The van der Waals surface area contributed by atoms with Crippen molar-refractivity contribution < 1.29 is 32.0 Å². The van der Waals surface area contributed by atoms with E-state index in [1.165, 1.54) is 0 Å². The fourth-order valence-electron chi connectivity index (χ4n) is 0. The van der Waals surface area contributed by atoms with E-state index in [1.807, 2.05) is 0 Å². The minimum Gasteiger partial charge on any atom is -0.295 e. The van der Waals surface area contributed by atoms with E-state index in [-0.39, 0.29) is 35.0 Å². The van der Waals surface area contributed by atoms with Gasteiger partial charge in [-0.1, -0.05) is 0 Å². The Hall–Kier alpha value is 0.0803. The molecule has 5 heavy (non-hydrogen) atoms. The zero-order chi connectivity index (χ0) is 3.41. The van der Waals surface area contributed by atoms with Crippen LogP contribution in [-0.2, 0) is 32.0 Å². The molecule has 0 aliphatic rings. The van der Waals surface area contributed by atoms with Crippen LogP contribution in [0.3, 0.4) is 0 Å². The van der Waals surface area contributed by atoms with E-state index in [0.717, 1.165) is 0 Å². The van der Waals surface area contributed by atoms with Crippen molar-refractivity contribution in [1.29, 1.82) is 0 Å². The van der Waals surface area contributed by atoms with Crippen LogP contribution < -0.4 is 0 Å². The maximum atomic E-state index is 8.81. The molecule has 0 N–H and O–H groups in total. The van der Waals surface area contributed by atoms with Gasteiger partial charge in [-0.3, -0.25) is 9.59 Å². The molecule has 1 radical (unpaired) electrons. The zero-order valence-electron chi connectivity index (χ0n) is 2.27. The Kier molecular flexibility index (Phi) is 15.9. The van der Waals surface area contributed by atoms with Crippen molar-refractivity contribution in [3.8, 4) is 0 Å². The summed E-state index contributed by atoms with van der Waals surface area (Å²) < 4.78 is 0. The summed E-state index contributed by atoms with van der Waals surface area (Å²) in [6.07, 6.45) is 0.389. The van der Waals surface area contributed by atoms with Crippen LogP contribution in [0.1, 0.15) is 0 Å². The van der Waals surface area contributed by atoms with Crippen LogP contribution in [0, 0.1) is 0 Å². The molecule has 0 aliphatic carbocycles. The van der Waals surface area contributed by atoms with Crippen LogP contribution in [0.4, 0.5) is 0 Å². The van der Waals surface area contributed by atoms with Crippen LogP contribution in [0.5, 0.6) is 0 Å². The molecule has 0 saturated carbocycles. The molecular weight excluding hydrogens is 253 g/mol. The van der Waals surface area contributed by atoms with Gasteiger partial charge in [-0.15, -0.1) is 0 Å². The molecule has 0 saturated heterocycles. The second-order valence-electron chi connectivity index (χ2n) is 0.272. The van der Waals surface area contributed by atoms with E-state index in [1.54, 1.807) is 0 Å². The van der Waals surface area contributed by atoms with Crippen molar-refractivity contribution in [3.05, 3.63) is 0 Å². The molecule has 0 atom stereocenters. The zero-order valence-corrected chi connectivity index (χ0v) is 4.44. The van der Waals surface area contributed by atoms with Crippen LogP contribution in [0.15, 0.2) is 0 Å². The molecule has 0 bridgehead atoms. The Morgan fingerprint density at radius 1 is 1.00 bits per heavy atom. The smallest absolute Gasteiger partial charge is 0.182 e. The second kappa shape index (κ2) is 8.95. The summed E-state index contributed by atoms with van der Waals surface area (Å²) >= 11 is 0. The van der Waals surface area contributed by atoms with Gasteiger partial charge in [0.15, 0.2) is 12.6 Å². The number of aldehydes is 2. The van der Waals surface area contributed by atoms with Crippen molar-refractivity contribution in [3.63, 3.8) is 0 Å². The van der Waals surface area contributed by atoms with E-state index in [4.69, 9.17) is 9.59 Å². The van der Waals surface area contributed by atoms with Gasteiger partial charge in [0.1, 0.15) is 0 Å². The molecule has 0 rings (SSSR count). The van der Waals surface area contributed by atoms with Crippen LogP contribution in [0.2, 0.25) is 0 Å². The van der Waals surface area contributed by atoms with Gasteiger partial charge >= 0.3 is 0 Å². The molecule has 33 valence electrons. The fourth-order valence-corrected chi connectivity index (χ4v) is 0. The van der Waals surface area contributed by atoms with E-state index in [2.05, 4.69) is 0 Å². The van der Waals surface area contributed by atoms with E-state index in [9.17, 15) is 0 Å². The average Bonchev–Trinajstić information content (AvgIpc) is 1.37. The molecule has 0 heterocycles. The van der Waals surface area contributed by atoms with E-state index < -0.39 is 0 Å². The first kappa shape index (κ1) is 8.91. The number of carbonyl (C=O) groups is 2. The minimum atomic E-state index is 0. The second-order valence-corrected chi connectivity index (χ2v) is 0.272. The summed E-state index contributed by atoms with van der Waals surface area (Å²) in [4.78, 5) is 17.6. The van der Waals surface area contributed by atoms with Crippen molar-refractivity contribution in [2.24, 2.45) is 0 Å². The van der Waals surface area contributed by atoms with Crippen molar-refractivity contribution in [2.45, 2.75) is 0 Å². The molecule has 0 aromatic heterocycles. The Morgan fingerprint density at radius 3 is 1.20 bits per heavy atom. The van der Waals surface area contributed by atoms with Crippen molar-refractivity contribution in [2.75, 3.05) is 0 Å². The van der Waals surface area contributed by atoms with Crippen LogP contribution in [-0.4, -0.2) is 12.6 Å². The van der Waals surface area contributed by atoms with Gasteiger partial charge < -0.3 is 0 Å². The molecule has 0 aromatic carbocycles. The van der Waals surface area contributed by atoms with Crippen LogP contribution in [0.25, 0.3) is 0 Å². The Balaban J connectivity index is 0. The van der Waals surface area contributed by atoms with Gasteiger partial charge in [0.05, 0.1) is 0 Å². The first-order valence-corrected chi connectivity index (χ1v) is 0.805. The largest absolute Gasteiger partial charge is 0.295 e. The molecule has 0 aliphatic heterocycles. The fraction of sp³-hybridized carbons (Fsp3) is 0. The Morgan fingerprint density at radius 2 is 1.20 bits per heavy atom. The summed E-state index contributed by atoms with van der Waals surface area (Å²) in [5.41, 5.74) is 0. The molecule has 2 nitrogen and oxygen atoms in total. The molecule has 0 spiro atoms. The molecule has 0 fully saturated rings. The summed E-state index contributed by atoms with van der Waals surface area (Å²) in [7, 11) is 0. The van der Waals surface area contributed by atoms with Gasteiger partial charge in [0.2, 0.25) is 0 Å². The number of rotatable bonds is 1. The third-order valence-electron chi connectivity index (χ3n) is 0.0556. The predicted octanol–water partition coefficient (Wildman–Crippen LogP) is -0.618. The number of carbonyl (C=O) groups excluding carboxylic acids is 2. The quantitative estimate of drug-likeness (QED) is 0.355.